The minimum atomic E-state index is -4.34. The van der Waals surface area contributed by atoms with Crippen molar-refractivity contribution in [3.05, 3.63) is 68.6 Å². The lowest BCUT2D eigenvalue weighted by atomic mass is 10.2. The van der Waals surface area contributed by atoms with Crippen LogP contribution in [0.25, 0.3) is 6.08 Å². The summed E-state index contributed by atoms with van der Waals surface area (Å²) in [6.45, 7) is 2.74. The molecule has 2 aromatic carbocycles. The molecule has 2 saturated heterocycles. The van der Waals surface area contributed by atoms with Crippen LogP contribution in [-0.4, -0.2) is 73.0 Å². The highest BCUT2D eigenvalue weighted by atomic mass is 32.2. The molecular weight excluding hydrogens is 526 g/mol. The number of carbonyl (C=O) groups excluding carboxylic acids is 3. The van der Waals surface area contributed by atoms with Crippen LogP contribution in [0.3, 0.4) is 0 Å². The first-order valence-corrected chi connectivity index (χ1v) is 13.2. The van der Waals surface area contributed by atoms with E-state index in [1.54, 1.807) is 0 Å². The minimum Gasteiger partial charge on any atom is -0.379 e. The number of nitrogens with zero attached hydrogens (tertiary/aromatic N) is 3. The zero-order valence-electron chi connectivity index (χ0n) is 19.5. The van der Waals surface area contributed by atoms with Crippen LogP contribution in [0.4, 0.5) is 10.5 Å². The number of nitro groups is 1. The number of thioether (sulfide) groups is 1. The maximum Gasteiger partial charge on any atom is 0.339 e. The van der Waals surface area contributed by atoms with Crippen molar-refractivity contribution in [2.45, 2.75) is 11.8 Å². The lowest BCUT2D eigenvalue weighted by molar-refractivity contribution is -0.385. The molecule has 37 heavy (non-hydrogen) atoms. The van der Waals surface area contributed by atoms with Crippen LogP contribution in [0.5, 0.6) is 5.75 Å². The van der Waals surface area contributed by atoms with Gasteiger partial charge in [-0.1, -0.05) is 18.2 Å². The molecule has 0 saturated carbocycles. The van der Waals surface area contributed by atoms with Crippen molar-refractivity contribution in [2.75, 3.05) is 32.8 Å². The fraction of sp³-hybridized carbons (Fsp3) is 0.261. The first-order valence-electron chi connectivity index (χ1n) is 11.0. The van der Waals surface area contributed by atoms with Gasteiger partial charge in [0.2, 0.25) is 5.91 Å². The number of morpholine rings is 1. The normalized spacial score (nSPS) is 17.4. The van der Waals surface area contributed by atoms with Crippen LogP contribution in [0.15, 0.2) is 52.3 Å². The SMILES string of the molecule is Cc1ccc(S(=O)(=O)Oc2ccc(/C=C3\SC(=O)N(CC(=O)N4CCOCC4)C3=O)cc2)cc1[N+](=O)[O-]. The van der Waals surface area contributed by atoms with Gasteiger partial charge in [0.15, 0.2) is 0 Å². The standard InChI is InChI=1S/C23H21N3O9S2/c1-15-2-7-18(13-19(15)26(30)31)37(32,33)35-17-5-3-16(4-6-17)12-20-22(28)25(23(29)36-20)14-21(27)24-8-10-34-11-9-24/h2-7,12-13H,8-11,14H2,1H3/b20-12-. The highest BCUT2D eigenvalue weighted by Gasteiger charge is 2.37. The third-order valence-corrected chi connectivity index (χ3v) is 7.73. The second kappa shape index (κ2) is 10.7. The molecular formula is C23H21N3O9S2. The van der Waals surface area contributed by atoms with Crippen molar-refractivity contribution < 1.29 is 36.6 Å². The minimum absolute atomic E-state index is 0.0513. The molecule has 3 amide bonds. The van der Waals surface area contributed by atoms with Gasteiger partial charge in [-0.15, -0.1) is 0 Å². The predicted octanol–water partition coefficient (Wildman–Crippen LogP) is 2.57. The number of hydrogen-bond acceptors (Lipinski definition) is 10. The molecule has 0 N–H and O–H groups in total. The number of imide groups is 1. The topological polar surface area (TPSA) is 153 Å². The summed E-state index contributed by atoms with van der Waals surface area (Å²) in [5.41, 5.74) is 0.449. The molecule has 2 aliphatic rings. The Balaban J connectivity index is 1.44. The number of hydrogen-bond donors (Lipinski definition) is 0. The van der Waals surface area contributed by atoms with E-state index in [0.29, 0.717) is 49.2 Å². The van der Waals surface area contributed by atoms with E-state index >= 15 is 0 Å². The predicted molar refractivity (Wildman–Crippen MR) is 132 cm³/mol. The van der Waals surface area contributed by atoms with Crippen LogP contribution >= 0.6 is 11.8 Å². The summed E-state index contributed by atoms with van der Waals surface area (Å²) < 4.78 is 35.5. The third-order valence-electron chi connectivity index (χ3n) is 5.58. The van der Waals surface area contributed by atoms with E-state index in [2.05, 4.69) is 0 Å². The lowest BCUT2D eigenvalue weighted by Crippen LogP contribution is -2.46. The van der Waals surface area contributed by atoms with Gasteiger partial charge in [0, 0.05) is 24.7 Å². The molecule has 2 aromatic rings. The quantitative estimate of drug-likeness (QED) is 0.219. The summed E-state index contributed by atoms with van der Waals surface area (Å²) in [7, 11) is -4.34. The smallest absolute Gasteiger partial charge is 0.339 e. The van der Waals surface area contributed by atoms with E-state index in [1.165, 1.54) is 54.3 Å². The Morgan fingerprint density at radius 2 is 1.84 bits per heavy atom. The maximum atomic E-state index is 12.7. The molecule has 2 aliphatic heterocycles. The average Bonchev–Trinajstić information content (AvgIpc) is 3.12. The Labute approximate surface area is 216 Å². The molecule has 0 unspecified atom stereocenters. The molecule has 194 valence electrons. The largest absolute Gasteiger partial charge is 0.379 e. The number of amides is 3. The highest BCUT2D eigenvalue weighted by molar-refractivity contribution is 8.18. The van der Waals surface area contributed by atoms with Crippen molar-refractivity contribution in [3.63, 3.8) is 0 Å². The molecule has 0 spiro atoms. The van der Waals surface area contributed by atoms with Gasteiger partial charge >= 0.3 is 10.1 Å². The number of carbonyl (C=O) groups is 3. The lowest BCUT2D eigenvalue weighted by Gasteiger charge is -2.28. The summed E-state index contributed by atoms with van der Waals surface area (Å²) in [6, 6.07) is 9.12. The van der Waals surface area contributed by atoms with Gasteiger partial charge in [-0.05, 0) is 48.5 Å². The van der Waals surface area contributed by atoms with Gasteiger partial charge in [-0.2, -0.15) is 8.42 Å². The van der Waals surface area contributed by atoms with E-state index < -0.39 is 26.2 Å². The molecule has 4 rings (SSSR count). The number of rotatable bonds is 7. The molecule has 0 aliphatic carbocycles. The fourth-order valence-electron chi connectivity index (χ4n) is 3.57. The molecule has 14 heteroatoms. The maximum absolute atomic E-state index is 12.7. The van der Waals surface area contributed by atoms with Crippen molar-refractivity contribution >= 4 is 50.7 Å². The Kier molecular flexibility index (Phi) is 7.61. The number of aryl methyl sites for hydroxylation is 1. The van der Waals surface area contributed by atoms with Crippen molar-refractivity contribution in [3.8, 4) is 5.75 Å². The Bertz CT molecular complexity index is 1400. The van der Waals surface area contributed by atoms with Gasteiger partial charge in [-0.3, -0.25) is 29.4 Å². The molecule has 12 nitrogen and oxygen atoms in total. The monoisotopic (exact) mass is 547 g/mol. The number of ether oxygens (including phenoxy) is 1. The zero-order chi connectivity index (χ0) is 26.7. The molecule has 0 atom stereocenters. The first kappa shape index (κ1) is 26.3. The van der Waals surface area contributed by atoms with Crippen LogP contribution < -0.4 is 4.18 Å². The molecule has 2 heterocycles. The van der Waals surface area contributed by atoms with E-state index in [0.717, 1.165) is 11.0 Å². The average molecular weight is 548 g/mol. The molecule has 0 bridgehead atoms. The van der Waals surface area contributed by atoms with Gasteiger partial charge in [0.05, 0.1) is 23.0 Å². The molecule has 0 aromatic heterocycles. The van der Waals surface area contributed by atoms with Gasteiger partial charge < -0.3 is 13.8 Å². The second-order valence-corrected chi connectivity index (χ2v) is 10.6. The first-order chi connectivity index (χ1) is 17.5. The van der Waals surface area contributed by atoms with E-state index in [4.69, 9.17) is 8.92 Å². The van der Waals surface area contributed by atoms with Gasteiger partial charge in [0.1, 0.15) is 17.2 Å². The number of benzene rings is 2. The van der Waals surface area contributed by atoms with Gasteiger partial charge in [-0.25, -0.2) is 0 Å². The van der Waals surface area contributed by atoms with Crippen LogP contribution in [0.2, 0.25) is 0 Å². The zero-order valence-corrected chi connectivity index (χ0v) is 21.1. The van der Waals surface area contributed by atoms with Crippen molar-refractivity contribution in [1.82, 2.24) is 9.80 Å². The molecule has 0 radical (unpaired) electrons. The Morgan fingerprint density at radius 3 is 2.49 bits per heavy atom. The summed E-state index contributed by atoms with van der Waals surface area (Å²) in [4.78, 5) is 50.1. The van der Waals surface area contributed by atoms with E-state index in [-0.39, 0.29) is 33.7 Å². The van der Waals surface area contributed by atoms with Crippen LogP contribution in [-0.2, 0) is 24.4 Å². The Morgan fingerprint density at radius 1 is 1.16 bits per heavy atom. The summed E-state index contributed by atoms with van der Waals surface area (Å²) >= 11 is 0.702. The molecule has 2 fully saturated rings. The number of nitro benzene ring substituents is 1. The third kappa shape index (κ3) is 5.98. The summed E-state index contributed by atoms with van der Waals surface area (Å²) in [5, 5.41) is 10.6. The van der Waals surface area contributed by atoms with Crippen molar-refractivity contribution in [2.24, 2.45) is 0 Å². The second-order valence-electron chi connectivity index (χ2n) is 8.07. The van der Waals surface area contributed by atoms with E-state index in [1.807, 2.05) is 0 Å². The summed E-state index contributed by atoms with van der Waals surface area (Å²) in [6.07, 6.45) is 1.45. The Hall–Kier alpha value is -3.75. The highest BCUT2D eigenvalue weighted by Crippen LogP contribution is 2.33. The summed E-state index contributed by atoms with van der Waals surface area (Å²) in [5.74, 6) is -0.987. The van der Waals surface area contributed by atoms with Crippen molar-refractivity contribution in [1.29, 1.82) is 0 Å². The van der Waals surface area contributed by atoms with Crippen LogP contribution in [0, 0.1) is 17.0 Å². The fourth-order valence-corrected chi connectivity index (χ4v) is 5.36. The van der Waals surface area contributed by atoms with E-state index in [9.17, 15) is 32.9 Å². The van der Waals surface area contributed by atoms with Gasteiger partial charge in [0.25, 0.3) is 16.8 Å². The van der Waals surface area contributed by atoms with Crippen LogP contribution in [0.1, 0.15) is 11.1 Å².